The monoisotopic (exact) mass is 262 g/mol. The molecule has 1 rings (SSSR count). The number of rotatable bonds is 5. The lowest BCUT2D eigenvalue weighted by molar-refractivity contribution is 0.134. The van der Waals surface area contributed by atoms with Crippen LogP contribution in [-0.4, -0.2) is 24.5 Å². The van der Waals surface area contributed by atoms with Crippen LogP contribution in [0.2, 0.25) is 0 Å². The van der Waals surface area contributed by atoms with Gasteiger partial charge in [0.05, 0.1) is 0 Å². The Balaban J connectivity index is 2.65. The fourth-order valence-electron chi connectivity index (χ4n) is 2.24. The smallest absolute Gasteiger partial charge is 0.0424 e. The predicted molar refractivity (Wildman–Crippen MR) is 84.3 cm³/mol. The second-order valence-corrected chi connectivity index (χ2v) is 6.68. The molecular formula is C17H30N2. The summed E-state index contributed by atoms with van der Waals surface area (Å²) in [5, 5.41) is 0. The van der Waals surface area contributed by atoms with Gasteiger partial charge in [-0.25, -0.2) is 0 Å². The highest BCUT2D eigenvalue weighted by molar-refractivity contribution is 5.25. The SMILES string of the molecule is CCc1ccc(C(N)CN(C)C(C)C(C)(C)C)cc1. The Hall–Kier alpha value is -0.860. The number of benzene rings is 1. The number of hydrogen-bond acceptors (Lipinski definition) is 2. The summed E-state index contributed by atoms with van der Waals surface area (Å²) < 4.78 is 0. The number of nitrogens with zero attached hydrogens (tertiary/aromatic N) is 1. The highest BCUT2D eigenvalue weighted by atomic mass is 15.1. The van der Waals surface area contributed by atoms with E-state index < -0.39 is 0 Å². The fourth-order valence-corrected chi connectivity index (χ4v) is 2.24. The van der Waals surface area contributed by atoms with Gasteiger partial charge in [0, 0.05) is 18.6 Å². The van der Waals surface area contributed by atoms with Crippen LogP contribution in [0.15, 0.2) is 24.3 Å². The summed E-state index contributed by atoms with van der Waals surface area (Å²) in [4.78, 5) is 2.36. The average Bonchev–Trinajstić information content (AvgIpc) is 2.36. The van der Waals surface area contributed by atoms with Crippen molar-refractivity contribution in [3.05, 3.63) is 35.4 Å². The first-order valence-corrected chi connectivity index (χ1v) is 7.30. The van der Waals surface area contributed by atoms with E-state index in [-0.39, 0.29) is 11.5 Å². The minimum atomic E-state index is 0.0840. The van der Waals surface area contributed by atoms with Gasteiger partial charge < -0.3 is 10.6 Å². The van der Waals surface area contributed by atoms with Gasteiger partial charge in [-0.2, -0.15) is 0 Å². The highest BCUT2D eigenvalue weighted by Gasteiger charge is 2.24. The molecule has 2 atom stereocenters. The Bertz CT molecular complexity index is 375. The summed E-state index contributed by atoms with van der Waals surface area (Å²) in [5.41, 5.74) is 9.20. The second-order valence-electron chi connectivity index (χ2n) is 6.68. The Labute approximate surface area is 119 Å². The molecule has 0 aromatic heterocycles. The molecule has 2 nitrogen and oxygen atoms in total. The fraction of sp³-hybridized carbons (Fsp3) is 0.647. The lowest BCUT2D eigenvalue weighted by Gasteiger charge is -2.36. The van der Waals surface area contributed by atoms with Crippen molar-refractivity contribution >= 4 is 0 Å². The maximum absolute atomic E-state index is 6.33. The molecule has 0 radical (unpaired) electrons. The molecule has 19 heavy (non-hydrogen) atoms. The van der Waals surface area contributed by atoms with Gasteiger partial charge in [0.25, 0.3) is 0 Å². The predicted octanol–water partition coefficient (Wildman–Crippen LogP) is 3.62. The van der Waals surface area contributed by atoms with Gasteiger partial charge in [0.1, 0.15) is 0 Å². The maximum Gasteiger partial charge on any atom is 0.0424 e. The molecule has 0 saturated heterocycles. The summed E-state index contributed by atoms with van der Waals surface area (Å²) in [5.74, 6) is 0. The van der Waals surface area contributed by atoms with Crippen LogP contribution < -0.4 is 5.73 Å². The van der Waals surface area contributed by atoms with E-state index in [1.165, 1.54) is 11.1 Å². The highest BCUT2D eigenvalue weighted by Crippen LogP contribution is 2.24. The van der Waals surface area contributed by atoms with Crippen molar-refractivity contribution in [2.75, 3.05) is 13.6 Å². The summed E-state index contributed by atoms with van der Waals surface area (Å²) >= 11 is 0. The van der Waals surface area contributed by atoms with Gasteiger partial charge in [-0.05, 0) is 36.9 Å². The topological polar surface area (TPSA) is 29.3 Å². The van der Waals surface area contributed by atoms with Crippen LogP contribution in [0.4, 0.5) is 0 Å². The molecule has 2 heteroatoms. The van der Waals surface area contributed by atoms with Crippen molar-refractivity contribution in [1.82, 2.24) is 4.90 Å². The van der Waals surface area contributed by atoms with E-state index in [2.05, 4.69) is 70.8 Å². The van der Waals surface area contributed by atoms with Gasteiger partial charge >= 0.3 is 0 Å². The standard InChI is InChI=1S/C17H30N2/c1-7-14-8-10-15(11-9-14)16(18)12-19(6)13(2)17(3,4)5/h8-11,13,16H,7,12,18H2,1-6H3. The zero-order valence-corrected chi connectivity index (χ0v) is 13.4. The minimum Gasteiger partial charge on any atom is -0.323 e. The normalized spacial score (nSPS) is 15.6. The largest absolute Gasteiger partial charge is 0.323 e. The third kappa shape index (κ3) is 4.63. The van der Waals surface area contributed by atoms with Crippen molar-refractivity contribution in [2.45, 2.75) is 53.1 Å². The van der Waals surface area contributed by atoms with E-state index >= 15 is 0 Å². The van der Waals surface area contributed by atoms with Crippen molar-refractivity contribution < 1.29 is 0 Å². The molecule has 0 aliphatic heterocycles. The van der Waals surface area contributed by atoms with Gasteiger partial charge in [0.2, 0.25) is 0 Å². The van der Waals surface area contributed by atoms with Gasteiger partial charge in [-0.15, -0.1) is 0 Å². The molecule has 0 saturated carbocycles. The maximum atomic E-state index is 6.33. The summed E-state index contributed by atoms with van der Waals surface area (Å²) in [6.45, 7) is 12.2. The third-order valence-corrected chi connectivity index (χ3v) is 4.22. The lowest BCUT2D eigenvalue weighted by Crippen LogP contribution is -2.42. The van der Waals surface area contributed by atoms with Crippen molar-refractivity contribution in [3.8, 4) is 0 Å². The van der Waals surface area contributed by atoms with Crippen molar-refractivity contribution in [3.63, 3.8) is 0 Å². The Morgan fingerprint density at radius 2 is 1.68 bits per heavy atom. The first kappa shape index (κ1) is 16.2. The van der Waals surface area contributed by atoms with Crippen LogP contribution in [0.5, 0.6) is 0 Å². The Kier molecular flexibility index (Phi) is 5.57. The second kappa shape index (κ2) is 6.53. The third-order valence-electron chi connectivity index (χ3n) is 4.22. The first-order valence-electron chi connectivity index (χ1n) is 7.30. The van der Waals surface area contributed by atoms with E-state index in [4.69, 9.17) is 5.73 Å². The minimum absolute atomic E-state index is 0.0840. The lowest BCUT2D eigenvalue weighted by atomic mass is 9.87. The number of aryl methyl sites for hydroxylation is 1. The first-order chi connectivity index (χ1) is 8.75. The van der Waals surface area contributed by atoms with Gasteiger partial charge in [-0.3, -0.25) is 0 Å². The summed E-state index contributed by atoms with van der Waals surface area (Å²) in [7, 11) is 2.16. The zero-order chi connectivity index (χ0) is 14.6. The average molecular weight is 262 g/mol. The summed E-state index contributed by atoms with van der Waals surface area (Å²) in [6, 6.07) is 9.29. The zero-order valence-electron chi connectivity index (χ0n) is 13.4. The molecule has 1 aromatic carbocycles. The van der Waals surface area contributed by atoms with E-state index in [1.54, 1.807) is 0 Å². The number of likely N-dealkylation sites (N-methyl/N-ethyl adjacent to an activating group) is 1. The molecule has 0 heterocycles. The molecule has 0 fully saturated rings. The van der Waals surface area contributed by atoms with E-state index in [1.807, 2.05) is 0 Å². The molecule has 2 N–H and O–H groups in total. The molecule has 2 unspecified atom stereocenters. The van der Waals surface area contributed by atoms with Crippen LogP contribution in [0.1, 0.15) is 51.8 Å². The molecular weight excluding hydrogens is 232 g/mol. The molecule has 0 amide bonds. The van der Waals surface area contributed by atoms with E-state index in [0.29, 0.717) is 6.04 Å². The molecule has 0 spiro atoms. The van der Waals surface area contributed by atoms with E-state index in [9.17, 15) is 0 Å². The van der Waals surface area contributed by atoms with Gasteiger partial charge in [-0.1, -0.05) is 52.0 Å². The molecule has 1 aromatic rings. The van der Waals surface area contributed by atoms with E-state index in [0.717, 1.165) is 13.0 Å². The van der Waals surface area contributed by atoms with Crippen LogP contribution in [0, 0.1) is 5.41 Å². The van der Waals surface area contributed by atoms with Crippen LogP contribution in [0.25, 0.3) is 0 Å². The van der Waals surface area contributed by atoms with Crippen molar-refractivity contribution in [2.24, 2.45) is 11.1 Å². The molecule has 0 bridgehead atoms. The molecule has 108 valence electrons. The quantitative estimate of drug-likeness (QED) is 0.878. The van der Waals surface area contributed by atoms with Crippen LogP contribution in [-0.2, 0) is 6.42 Å². The van der Waals surface area contributed by atoms with Gasteiger partial charge in [0.15, 0.2) is 0 Å². The molecule has 0 aliphatic rings. The van der Waals surface area contributed by atoms with Crippen LogP contribution >= 0.6 is 0 Å². The van der Waals surface area contributed by atoms with Crippen LogP contribution in [0.3, 0.4) is 0 Å². The number of hydrogen-bond donors (Lipinski definition) is 1. The summed E-state index contributed by atoms with van der Waals surface area (Å²) in [6.07, 6.45) is 1.08. The number of nitrogens with two attached hydrogens (primary N) is 1. The Morgan fingerprint density at radius 1 is 1.16 bits per heavy atom. The molecule has 0 aliphatic carbocycles. The Morgan fingerprint density at radius 3 is 2.11 bits per heavy atom. The van der Waals surface area contributed by atoms with Crippen molar-refractivity contribution in [1.29, 1.82) is 0 Å².